The molecule has 3 nitrogen and oxygen atoms in total. The molecule has 2 heterocycles. The summed E-state index contributed by atoms with van der Waals surface area (Å²) in [6, 6.07) is 4.67. The van der Waals surface area contributed by atoms with E-state index in [4.69, 9.17) is 4.74 Å². The van der Waals surface area contributed by atoms with Gasteiger partial charge in [0, 0.05) is 17.1 Å². The van der Waals surface area contributed by atoms with Crippen molar-refractivity contribution >= 4 is 17.0 Å². The Balaban J connectivity index is 1.89. The number of hydrogen-bond acceptors (Lipinski definition) is 4. The zero-order chi connectivity index (χ0) is 11.7. The fourth-order valence-corrected chi connectivity index (χ4v) is 2.53. The first-order chi connectivity index (χ1) is 8.33. The normalized spacial score (nSPS) is 14.3. The Labute approximate surface area is 102 Å². The highest BCUT2D eigenvalue weighted by Gasteiger charge is 2.18. The number of rotatable bonds is 2. The lowest BCUT2D eigenvalue weighted by molar-refractivity contribution is 0.305. The first-order valence-corrected chi connectivity index (χ1v) is 6.25. The zero-order valence-corrected chi connectivity index (χ0v) is 9.91. The summed E-state index contributed by atoms with van der Waals surface area (Å²) in [4.78, 5) is 7.44. The van der Waals surface area contributed by atoms with E-state index in [0.717, 1.165) is 18.8 Å². The van der Waals surface area contributed by atoms with Crippen LogP contribution in [-0.4, -0.2) is 18.1 Å². The third kappa shape index (κ3) is 2.10. The highest BCUT2D eigenvalue weighted by molar-refractivity contribution is 7.09. The molecule has 0 fully saturated rings. The lowest BCUT2D eigenvalue weighted by atomic mass is 10.2. The van der Waals surface area contributed by atoms with Gasteiger partial charge in [-0.15, -0.1) is 11.3 Å². The summed E-state index contributed by atoms with van der Waals surface area (Å²) < 4.78 is 18.6. The van der Waals surface area contributed by atoms with E-state index >= 15 is 0 Å². The molecule has 0 saturated heterocycles. The number of anilines is 1. The Hall–Kier alpha value is -1.62. The molecule has 0 unspecified atom stereocenters. The Morgan fingerprint density at radius 3 is 3.24 bits per heavy atom. The van der Waals surface area contributed by atoms with Crippen molar-refractivity contribution in [2.75, 3.05) is 18.1 Å². The van der Waals surface area contributed by atoms with Gasteiger partial charge >= 0.3 is 0 Å². The summed E-state index contributed by atoms with van der Waals surface area (Å²) in [7, 11) is 0. The molecule has 17 heavy (non-hydrogen) atoms. The van der Waals surface area contributed by atoms with Gasteiger partial charge in [0.1, 0.15) is 18.2 Å². The maximum absolute atomic E-state index is 13.1. The maximum atomic E-state index is 13.1. The molecule has 0 saturated carbocycles. The SMILES string of the molecule is Fc1ccc2c(c1)OCCN2Cc1cncs1. The van der Waals surface area contributed by atoms with E-state index in [-0.39, 0.29) is 5.82 Å². The fourth-order valence-electron chi connectivity index (χ4n) is 1.92. The molecular weight excluding hydrogens is 239 g/mol. The van der Waals surface area contributed by atoms with Crippen molar-refractivity contribution < 1.29 is 9.13 Å². The molecule has 0 amide bonds. The molecule has 3 rings (SSSR count). The molecular formula is C12H11FN2OS. The molecule has 0 atom stereocenters. The zero-order valence-electron chi connectivity index (χ0n) is 9.10. The molecule has 88 valence electrons. The van der Waals surface area contributed by atoms with Crippen LogP contribution in [0, 0.1) is 5.82 Å². The lowest BCUT2D eigenvalue weighted by Crippen LogP contribution is -2.31. The monoisotopic (exact) mass is 250 g/mol. The summed E-state index contributed by atoms with van der Waals surface area (Å²) in [6.07, 6.45) is 1.86. The number of fused-ring (bicyclic) bond motifs is 1. The van der Waals surface area contributed by atoms with E-state index in [1.54, 1.807) is 17.4 Å². The Kier molecular flexibility index (Phi) is 2.68. The van der Waals surface area contributed by atoms with Crippen LogP contribution in [0.4, 0.5) is 10.1 Å². The average molecular weight is 250 g/mol. The summed E-state index contributed by atoms with van der Waals surface area (Å²) in [5.74, 6) is 0.365. The van der Waals surface area contributed by atoms with Gasteiger partial charge in [-0.2, -0.15) is 0 Å². The lowest BCUT2D eigenvalue weighted by Gasteiger charge is -2.30. The molecule has 1 aromatic carbocycles. The smallest absolute Gasteiger partial charge is 0.145 e. The molecule has 1 aliphatic rings. The van der Waals surface area contributed by atoms with Gasteiger partial charge in [0.2, 0.25) is 0 Å². The van der Waals surface area contributed by atoms with Crippen LogP contribution in [0.15, 0.2) is 29.9 Å². The maximum Gasteiger partial charge on any atom is 0.145 e. The van der Waals surface area contributed by atoms with Gasteiger partial charge in [0.15, 0.2) is 0 Å². The van der Waals surface area contributed by atoms with Gasteiger partial charge in [-0.25, -0.2) is 4.39 Å². The highest BCUT2D eigenvalue weighted by Crippen LogP contribution is 2.33. The van der Waals surface area contributed by atoms with E-state index in [1.165, 1.54) is 17.0 Å². The van der Waals surface area contributed by atoms with Gasteiger partial charge in [-0.05, 0) is 12.1 Å². The molecule has 0 aliphatic carbocycles. The second-order valence-electron chi connectivity index (χ2n) is 3.85. The summed E-state index contributed by atoms with van der Waals surface area (Å²) in [6.45, 7) is 2.21. The summed E-state index contributed by atoms with van der Waals surface area (Å²) in [5, 5.41) is 0. The Morgan fingerprint density at radius 1 is 1.47 bits per heavy atom. The Bertz CT molecular complexity index is 515. The van der Waals surface area contributed by atoms with Crippen molar-refractivity contribution in [3.8, 4) is 5.75 Å². The molecule has 1 aromatic heterocycles. The summed E-state index contributed by atoms with van der Waals surface area (Å²) >= 11 is 1.63. The van der Waals surface area contributed by atoms with Crippen molar-refractivity contribution in [1.82, 2.24) is 4.98 Å². The first kappa shape index (κ1) is 10.5. The molecule has 0 spiro atoms. The molecule has 0 radical (unpaired) electrons. The van der Waals surface area contributed by atoms with Crippen molar-refractivity contribution in [2.24, 2.45) is 0 Å². The van der Waals surface area contributed by atoms with Crippen LogP contribution in [0.2, 0.25) is 0 Å². The number of nitrogens with zero attached hydrogens (tertiary/aromatic N) is 2. The van der Waals surface area contributed by atoms with Crippen molar-refractivity contribution in [1.29, 1.82) is 0 Å². The molecule has 0 N–H and O–H groups in total. The standard InChI is InChI=1S/C12H11FN2OS/c13-9-1-2-11-12(5-9)16-4-3-15(11)7-10-6-14-8-17-10/h1-2,5-6,8H,3-4,7H2. The summed E-state index contributed by atoms with van der Waals surface area (Å²) in [5.41, 5.74) is 2.77. The second kappa shape index (κ2) is 4.33. The van der Waals surface area contributed by atoms with Gasteiger partial charge in [-0.1, -0.05) is 0 Å². The van der Waals surface area contributed by atoms with Crippen molar-refractivity contribution in [3.63, 3.8) is 0 Å². The first-order valence-electron chi connectivity index (χ1n) is 5.37. The van der Waals surface area contributed by atoms with Gasteiger partial charge in [0.05, 0.1) is 24.3 Å². The predicted octanol–water partition coefficient (Wildman–Crippen LogP) is 2.68. The third-order valence-corrected chi connectivity index (χ3v) is 3.48. The highest BCUT2D eigenvalue weighted by atomic mass is 32.1. The number of aromatic nitrogens is 1. The van der Waals surface area contributed by atoms with Crippen molar-refractivity contribution in [3.05, 3.63) is 40.6 Å². The quantitative estimate of drug-likeness (QED) is 0.819. The van der Waals surface area contributed by atoms with Crippen LogP contribution in [-0.2, 0) is 6.54 Å². The largest absolute Gasteiger partial charge is 0.489 e. The minimum absolute atomic E-state index is 0.261. The minimum Gasteiger partial charge on any atom is -0.489 e. The topological polar surface area (TPSA) is 25.4 Å². The Morgan fingerprint density at radius 2 is 2.41 bits per heavy atom. The van der Waals surface area contributed by atoms with E-state index in [2.05, 4.69) is 9.88 Å². The van der Waals surface area contributed by atoms with E-state index in [0.29, 0.717) is 12.4 Å². The number of halogens is 1. The third-order valence-electron chi connectivity index (χ3n) is 2.71. The van der Waals surface area contributed by atoms with E-state index in [1.807, 2.05) is 11.7 Å². The number of thiazole rings is 1. The van der Waals surface area contributed by atoms with Gasteiger partial charge in [0.25, 0.3) is 0 Å². The second-order valence-corrected chi connectivity index (χ2v) is 4.82. The number of benzene rings is 1. The molecule has 1 aliphatic heterocycles. The molecule has 0 bridgehead atoms. The number of ether oxygens (including phenoxy) is 1. The van der Waals surface area contributed by atoms with Crippen LogP contribution < -0.4 is 9.64 Å². The fraction of sp³-hybridized carbons (Fsp3) is 0.250. The van der Waals surface area contributed by atoms with Crippen molar-refractivity contribution in [2.45, 2.75) is 6.54 Å². The van der Waals surface area contributed by atoms with E-state index in [9.17, 15) is 4.39 Å². The minimum atomic E-state index is -0.261. The molecule has 5 heteroatoms. The predicted molar refractivity (Wildman–Crippen MR) is 65.1 cm³/mol. The van der Waals surface area contributed by atoms with Crippen LogP contribution in [0.5, 0.6) is 5.75 Å². The average Bonchev–Trinajstić information content (AvgIpc) is 2.82. The molecule has 2 aromatic rings. The van der Waals surface area contributed by atoms with Crippen LogP contribution in [0.1, 0.15) is 4.88 Å². The van der Waals surface area contributed by atoms with E-state index < -0.39 is 0 Å². The van der Waals surface area contributed by atoms with Gasteiger partial charge < -0.3 is 9.64 Å². The van der Waals surface area contributed by atoms with Gasteiger partial charge in [-0.3, -0.25) is 4.98 Å². The van der Waals surface area contributed by atoms with Crippen LogP contribution >= 0.6 is 11.3 Å². The van der Waals surface area contributed by atoms with Crippen LogP contribution in [0.3, 0.4) is 0 Å². The number of hydrogen-bond donors (Lipinski definition) is 0. The van der Waals surface area contributed by atoms with Crippen LogP contribution in [0.25, 0.3) is 0 Å².